The third-order valence-electron chi connectivity index (χ3n) is 3.93. The summed E-state index contributed by atoms with van der Waals surface area (Å²) in [5.74, 6) is -0.380. The molecule has 0 aliphatic heterocycles. The van der Waals surface area contributed by atoms with E-state index in [1.165, 1.54) is 0 Å². The van der Waals surface area contributed by atoms with Gasteiger partial charge in [-0.25, -0.2) is 0 Å². The predicted molar refractivity (Wildman–Crippen MR) is 102 cm³/mol. The summed E-state index contributed by atoms with van der Waals surface area (Å²) in [6, 6.07) is 11.8. The summed E-state index contributed by atoms with van der Waals surface area (Å²) in [4.78, 5) is 15.4. The maximum atomic E-state index is 12.4. The van der Waals surface area contributed by atoms with Gasteiger partial charge in [-0.15, -0.1) is 0 Å². The first-order valence-corrected chi connectivity index (χ1v) is 8.96. The number of fused-ring (bicyclic) bond motifs is 1. The number of halogens is 5. The van der Waals surface area contributed by atoms with Crippen molar-refractivity contribution in [2.75, 3.05) is 6.61 Å². The summed E-state index contributed by atoms with van der Waals surface area (Å²) in [5.41, 5.74) is 2.32. The summed E-state index contributed by atoms with van der Waals surface area (Å²) in [6.45, 7) is -1.20. The standard InChI is InChI=1S/C19H15Cl2F3N2O2/c20-13-5-6-15-14(7-13)16(21)17(26-15)18(27)25-8-11-1-3-12(4-2-11)9-28-10-19(22,23)24/h1-7,26H,8-10H2,(H,25,27). The maximum Gasteiger partial charge on any atom is 0.411 e. The van der Waals surface area contributed by atoms with Crippen LogP contribution in [0.1, 0.15) is 21.6 Å². The molecule has 3 aromatic rings. The number of ether oxygens (including phenoxy) is 1. The lowest BCUT2D eigenvalue weighted by atomic mass is 10.1. The molecule has 3 rings (SSSR count). The topological polar surface area (TPSA) is 54.1 Å². The summed E-state index contributed by atoms with van der Waals surface area (Å²) in [6.07, 6.45) is -4.35. The van der Waals surface area contributed by atoms with Gasteiger partial charge in [-0.05, 0) is 29.3 Å². The van der Waals surface area contributed by atoms with Gasteiger partial charge < -0.3 is 15.0 Å². The highest BCUT2D eigenvalue weighted by atomic mass is 35.5. The van der Waals surface area contributed by atoms with Gasteiger partial charge in [0.1, 0.15) is 12.3 Å². The van der Waals surface area contributed by atoms with Gasteiger partial charge in [0.2, 0.25) is 0 Å². The maximum absolute atomic E-state index is 12.4. The van der Waals surface area contributed by atoms with Crippen LogP contribution < -0.4 is 5.32 Å². The van der Waals surface area contributed by atoms with Crippen molar-refractivity contribution in [2.24, 2.45) is 0 Å². The highest BCUT2D eigenvalue weighted by Gasteiger charge is 2.27. The van der Waals surface area contributed by atoms with Crippen molar-refractivity contribution < 1.29 is 22.7 Å². The molecule has 4 nitrogen and oxygen atoms in total. The Balaban J connectivity index is 1.58. The molecule has 9 heteroatoms. The average molecular weight is 431 g/mol. The van der Waals surface area contributed by atoms with Gasteiger partial charge in [0.05, 0.1) is 11.6 Å². The number of carbonyl (C=O) groups excluding carboxylic acids is 1. The van der Waals surface area contributed by atoms with Crippen LogP contribution in [0, 0.1) is 0 Å². The fourth-order valence-electron chi connectivity index (χ4n) is 2.60. The van der Waals surface area contributed by atoms with Crippen LogP contribution in [-0.2, 0) is 17.9 Å². The number of rotatable bonds is 6. The lowest BCUT2D eigenvalue weighted by Crippen LogP contribution is -2.23. The lowest BCUT2D eigenvalue weighted by molar-refractivity contribution is -0.176. The van der Waals surface area contributed by atoms with Crippen molar-refractivity contribution in [3.05, 3.63) is 69.3 Å². The van der Waals surface area contributed by atoms with Crippen molar-refractivity contribution in [1.82, 2.24) is 10.3 Å². The second-order valence-electron chi connectivity index (χ2n) is 6.11. The number of alkyl halides is 3. The number of aromatic nitrogens is 1. The van der Waals surface area contributed by atoms with E-state index in [2.05, 4.69) is 15.0 Å². The van der Waals surface area contributed by atoms with Crippen LogP contribution in [0.25, 0.3) is 10.9 Å². The number of aromatic amines is 1. The number of benzene rings is 2. The predicted octanol–water partition coefficient (Wildman–Crippen LogP) is 5.48. The molecule has 0 radical (unpaired) electrons. The summed E-state index contributed by atoms with van der Waals surface area (Å²) in [5, 5.41) is 4.20. The van der Waals surface area contributed by atoms with Gasteiger partial charge in [0, 0.05) is 22.5 Å². The second-order valence-corrected chi connectivity index (χ2v) is 6.93. The van der Waals surface area contributed by atoms with Crippen LogP contribution in [0.2, 0.25) is 10.0 Å². The highest BCUT2D eigenvalue weighted by molar-refractivity contribution is 6.39. The first-order valence-electron chi connectivity index (χ1n) is 8.20. The normalized spacial score (nSPS) is 11.8. The van der Waals surface area contributed by atoms with Gasteiger partial charge >= 0.3 is 6.18 Å². The molecule has 1 amide bonds. The van der Waals surface area contributed by atoms with E-state index in [0.29, 0.717) is 21.5 Å². The number of H-pyrrole nitrogens is 1. The Labute approximate surface area is 168 Å². The van der Waals surface area contributed by atoms with E-state index in [9.17, 15) is 18.0 Å². The minimum absolute atomic E-state index is 0.140. The molecule has 0 unspecified atom stereocenters. The molecule has 0 bridgehead atoms. The van der Waals surface area contributed by atoms with Gasteiger partial charge in [-0.3, -0.25) is 4.79 Å². The molecule has 2 aromatic carbocycles. The minimum atomic E-state index is -4.35. The van der Waals surface area contributed by atoms with Crippen LogP contribution in [0.3, 0.4) is 0 Å². The summed E-state index contributed by atoms with van der Waals surface area (Å²) < 4.78 is 40.8. The molecular weight excluding hydrogens is 416 g/mol. The van der Waals surface area contributed by atoms with Crippen molar-refractivity contribution in [1.29, 1.82) is 0 Å². The van der Waals surface area contributed by atoms with Crippen LogP contribution in [0.4, 0.5) is 13.2 Å². The van der Waals surface area contributed by atoms with E-state index in [4.69, 9.17) is 23.2 Å². The van der Waals surface area contributed by atoms with E-state index in [-0.39, 0.29) is 29.8 Å². The molecule has 0 aliphatic rings. The summed E-state index contributed by atoms with van der Waals surface area (Å²) in [7, 11) is 0. The first kappa shape index (κ1) is 20.5. The van der Waals surface area contributed by atoms with Gasteiger partial charge in [0.15, 0.2) is 0 Å². The molecule has 1 heterocycles. The zero-order valence-electron chi connectivity index (χ0n) is 14.4. The van der Waals surface area contributed by atoms with E-state index >= 15 is 0 Å². The molecule has 0 fully saturated rings. The Bertz CT molecular complexity index is 985. The van der Waals surface area contributed by atoms with Crippen LogP contribution in [0.15, 0.2) is 42.5 Å². The molecular formula is C19H15Cl2F3N2O2. The number of hydrogen-bond acceptors (Lipinski definition) is 2. The second kappa shape index (κ2) is 8.43. The Hall–Kier alpha value is -2.22. The van der Waals surface area contributed by atoms with Crippen molar-refractivity contribution in [2.45, 2.75) is 19.3 Å². The fraction of sp³-hybridized carbons (Fsp3) is 0.211. The van der Waals surface area contributed by atoms with Gasteiger partial charge in [0.25, 0.3) is 5.91 Å². The van der Waals surface area contributed by atoms with Crippen molar-refractivity contribution >= 4 is 40.0 Å². The molecule has 0 spiro atoms. The molecule has 0 saturated carbocycles. The van der Waals surface area contributed by atoms with Crippen molar-refractivity contribution in [3.8, 4) is 0 Å². The van der Waals surface area contributed by atoms with E-state index < -0.39 is 12.8 Å². The lowest BCUT2D eigenvalue weighted by Gasteiger charge is -2.09. The molecule has 1 aromatic heterocycles. The van der Waals surface area contributed by atoms with Crippen LogP contribution >= 0.6 is 23.2 Å². The zero-order chi connectivity index (χ0) is 20.3. The number of amides is 1. The van der Waals surface area contributed by atoms with Crippen LogP contribution in [0.5, 0.6) is 0 Å². The monoisotopic (exact) mass is 430 g/mol. The Morgan fingerprint density at radius 3 is 2.43 bits per heavy atom. The SMILES string of the molecule is O=C(NCc1ccc(COCC(F)(F)F)cc1)c1[nH]c2ccc(Cl)cc2c1Cl. The molecule has 0 atom stereocenters. The van der Waals surface area contributed by atoms with Crippen LogP contribution in [-0.4, -0.2) is 23.7 Å². The third-order valence-corrected chi connectivity index (χ3v) is 4.56. The Morgan fingerprint density at radius 2 is 1.75 bits per heavy atom. The number of nitrogens with one attached hydrogen (secondary N) is 2. The molecule has 0 saturated heterocycles. The largest absolute Gasteiger partial charge is 0.411 e. The Kier molecular flexibility index (Phi) is 6.17. The fourth-order valence-corrected chi connectivity index (χ4v) is 3.06. The van der Waals surface area contributed by atoms with E-state index in [0.717, 1.165) is 5.56 Å². The van der Waals surface area contributed by atoms with E-state index in [1.54, 1.807) is 42.5 Å². The molecule has 2 N–H and O–H groups in total. The smallest absolute Gasteiger partial charge is 0.367 e. The number of carbonyl (C=O) groups is 1. The molecule has 0 aliphatic carbocycles. The van der Waals surface area contributed by atoms with E-state index in [1.807, 2.05) is 0 Å². The third kappa shape index (κ3) is 5.19. The molecule has 148 valence electrons. The average Bonchev–Trinajstić information content (AvgIpc) is 2.96. The highest BCUT2D eigenvalue weighted by Crippen LogP contribution is 2.29. The minimum Gasteiger partial charge on any atom is -0.367 e. The first-order chi connectivity index (χ1) is 13.2. The Morgan fingerprint density at radius 1 is 1.07 bits per heavy atom. The van der Waals surface area contributed by atoms with Crippen molar-refractivity contribution in [3.63, 3.8) is 0 Å². The molecule has 28 heavy (non-hydrogen) atoms. The quantitative estimate of drug-likeness (QED) is 0.543. The number of hydrogen-bond donors (Lipinski definition) is 2. The van der Waals surface area contributed by atoms with Gasteiger partial charge in [-0.1, -0.05) is 47.5 Å². The zero-order valence-corrected chi connectivity index (χ0v) is 15.9. The summed E-state index contributed by atoms with van der Waals surface area (Å²) >= 11 is 12.2. The van der Waals surface area contributed by atoms with Gasteiger partial charge in [-0.2, -0.15) is 13.2 Å².